The lowest BCUT2D eigenvalue weighted by atomic mass is 9.85. The molecule has 13 heavy (non-hydrogen) atoms. The van der Waals surface area contributed by atoms with Gasteiger partial charge in [-0.2, -0.15) is 0 Å². The van der Waals surface area contributed by atoms with Gasteiger partial charge in [0.05, 0.1) is 12.2 Å². The van der Waals surface area contributed by atoms with E-state index in [2.05, 4.69) is 41.5 Å². The van der Waals surface area contributed by atoms with E-state index in [9.17, 15) is 0 Å². The molecule has 0 spiro atoms. The van der Waals surface area contributed by atoms with Crippen molar-refractivity contribution >= 4 is 0 Å². The molecular weight excluding hydrogens is 160 g/mol. The Bertz CT molecular complexity index is 151. The van der Waals surface area contributed by atoms with Gasteiger partial charge in [0.1, 0.15) is 0 Å². The van der Waals surface area contributed by atoms with Gasteiger partial charge in [0.2, 0.25) is 0 Å². The van der Waals surface area contributed by atoms with E-state index in [1.54, 1.807) is 0 Å². The SMILES string of the molecule is CC(C)(C)C1CC[C@@H](C(C)(C)C)O1. The second-order valence-corrected chi connectivity index (χ2v) is 6.42. The van der Waals surface area contributed by atoms with Crippen molar-refractivity contribution in [3.05, 3.63) is 0 Å². The fourth-order valence-corrected chi connectivity index (χ4v) is 1.91. The monoisotopic (exact) mass is 184 g/mol. The number of hydrogen-bond acceptors (Lipinski definition) is 1. The first kappa shape index (κ1) is 11.0. The summed E-state index contributed by atoms with van der Waals surface area (Å²) in [6.45, 7) is 13.6. The molecule has 0 amide bonds. The van der Waals surface area contributed by atoms with Gasteiger partial charge < -0.3 is 4.74 Å². The molecule has 1 aliphatic heterocycles. The Balaban J connectivity index is 2.55. The third kappa shape index (κ3) is 2.70. The number of hydrogen-bond donors (Lipinski definition) is 0. The van der Waals surface area contributed by atoms with Crippen molar-refractivity contribution in [2.45, 2.75) is 66.6 Å². The number of rotatable bonds is 0. The van der Waals surface area contributed by atoms with E-state index < -0.39 is 0 Å². The zero-order valence-corrected chi connectivity index (χ0v) is 9.98. The summed E-state index contributed by atoms with van der Waals surface area (Å²) < 4.78 is 6.09. The minimum absolute atomic E-state index is 0.306. The van der Waals surface area contributed by atoms with Crippen LogP contribution in [0.25, 0.3) is 0 Å². The lowest BCUT2D eigenvalue weighted by Gasteiger charge is -2.31. The summed E-state index contributed by atoms with van der Waals surface area (Å²) in [5, 5.41) is 0. The van der Waals surface area contributed by atoms with Crippen LogP contribution in [0.15, 0.2) is 0 Å². The van der Waals surface area contributed by atoms with Crippen LogP contribution in [0.5, 0.6) is 0 Å². The van der Waals surface area contributed by atoms with Crippen molar-refractivity contribution in [2.24, 2.45) is 10.8 Å². The zero-order valence-electron chi connectivity index (χ0n) is 9.98. The van der Waals surface area contributed by atoms with Gasteiger partial charge in [-0.25, -0.2) is 0 Å². The fourth-order valence-electron chi connectivity index (χ4n) is 1.91. The van der Waals surface area contributed by atoms with Crippen LogP contribution >= 0.6 is 0 Å². The molecule has 1 aliphatic rings. The summed E-state index contributed by atoms with van der Waals surface area (Å²) in [6, 6.07) is 0. The Morgan fingerprint density at radius 1 is 0.769 bits per heavy atom. The molecule has 0 aliphatic carbocycles. The molecule has 1 fully saturated rings. The number of ether oxygens (including phenoxy) is 1. The van der Waals surface area contributed by atoms with Crippen LogP contribution in [0.1, 0.15) is 54.4 Å². The lowest BCUT2D eigenvalue weighted by Crippen LogP contribution is -2.31. The first-order valence-electron chi connectivity index (χ1n) is 5.37. The average molecular weight is 184 g/mol. The lowest BCUT2D eigenvalue weighted by molar-refractivity contribution is -0.0568. The van der Waals surface area contributed by atoms with Crippen molar-refractivity contribution in [1.29, 1.82) is 0 Å². The van der Waals surface area contributed by atoms with E-state index in [1.807, 2.05) is 0 Å². The highest BCUT2D eigenvalue weighted by atomic mass is 16.5. The Kier molecular flexibility index (Phi) is 2.78. The minimum atomic E-state index is 0.306. The summed E-state index contributed by atoms with van der Waals surface area (Å²) in [4.78, 5) is 0. The predicted octanol–water partition coefficient (Wildman–Crippen LogP) is 3.63. The molecule has 1 heteroatoms. The smallest absolute Gasteiger partial charge is 0.0628 e. The van der Waals surface area contributed by atoms with Gasteiger partial charge in [-0.3, -0.25) is 0 Å². The maximum atomic E-state index is 6.09. The van der Waals surface area contributed by atoms with Crippen LogP contribution in [0.2, 0.25) is 0 Å². The molecule has 0 radical (unpaired) electrons. The van der Waals surface area contributed by atoms with Crippen LogP contribution in [0.3, 0.4) is 0 Å². The van der Waals surface area contributed by atoms with E-state index >= 15 is 0 Å². The molecule has 0 aromatic carbocycles. The molecule has 1 unspecified atom stereocenters. The van der Waals surface area contributed by atoms with E-state index in [0.29, 0.717) is 23.0 Å². The maximum Gasteiger partial charge on any atom is 0.0628 e. The Hall–Kier alpha value is -0.0400. The first-order valence-corrected chi connectivity index (χ1v) is 5.37. The quantitative estimate of drug-likeness (QED) is 0.558. The second-order valence-electron chi connectivity index (χ2n) is 6.42. The van der Waals surface area contributed by atoms with Crippen LogP contribution < -0.4 is 0 Å². The molecule has 1 nitrogen and oxygen atoms in total. The molecule has 78 valence electrons. The van der Waals surface area contributed by atoms with Gasteiger partial charge in [0.15, 0.2) is 0 Å². The molecule has 0 aromatic heterocycles. The standard InChI is InChI=1S/C12H24O/c1-11(2,3)9-7-8-10(13-9)12(4,5)6/h9-10H,7-8H2,1-6H3/t9-,10?/m0/s1. The third-order valence-electron chi connectivity index (χ3n) is 2.95. The Morgan fingerprint density at radius 3 is 1.23 bits per heavy atom. The van der Waals surface area contributed by atoms with Gasteiger partial charge in [0.25, 0.3) is 0 Å². The molecule has 0 aromatic rings. The zero-order chi connectivity index (χ0) is 10.3. The van der Waals surface area contributed by atoms with E-state index in [-0.39, 0.29) is 0 Å². The summed E-state index contributed by atoms with van der Waals surface area (Å²) >= 11 is 0. The Morgan fingerprint density at radius 2 is 1.08 bits per heavy atom. The van der Waals surface area contributed by atoms with E-state index in [1.165, 1.54) is 12.8 Å². The van der Waals surface area contributed by atoms with Crippen LogP contribution in [0, 0.1) is 10.8 Å². The summed E-state index contributed by atoms with van der Waals surface area (Å²) in [5.74, 6) is 0. The van der Waals surface area contributed by atoms with Crippen molar-refractivity contribution in [2.75, 3.05) is 0 Å². The summed E-state index contributed by atoms with van der Waals surface area (Å²) in [6.07, 6.45) is 3.37. The van der Waals surface area contributed by atoms with Crippen LogP contribution in [-0.4, -0.2) is 12.2 Å². The predicted molar refractivity (Wildman–Crippen MR) is 56.8 cm³/mol. The van der Waals surface area contributed by atoms with Crippen molar-refractivity contribution in [3.63, 3.8) is 0 Å². The molecule has 2 atom stereocenters. The second kappa shape index (κ2) is 3.27. The third-order valence-corrected chi connectivity index (χ3v) is 2.95. The highest BCUT2D eigenvalue weighted by Gasteiger charge is 2.38. The van der Waals surface area contributed by atoms with Crippen LogP contribution in [0.4, 0.5) is 0 Å². The van der Waals surface area contributed by atoms with Crippen molar-refractivity contribution in [3.8, 4) is 0 Å². The van der Waals surface area contributed by atoms with Crippen LogP contribution in [-0.2, 0) is 4.74 Å². The molecule has 1 heterocycles. The Labute approximate surface area is 82.9 Å². The largest absolute Gasteiger partial charge is 0.374 e. The van der Waals surface area contributed by atoms with Gasteiger partial charge in [-0.15, -0.1) is 0 Å². The molecular formula is C12H24O. The fraction of sp³-hybridized carbons (Fsp3) is 1.00. The maximum absolute atomic E-state index is 6.09. The summed E-state index contributed by atoms with van der Waals surface area (Å²) in [7, 11) is 0. The van der Waals surface area contributed by atoms with Gasteiger partial charge in [-0.1, -0.05) is 41.5 Å². The molecule has 0 N–H and O–H groups in total. The molecule has 0 saturated carbocycles. The highest BCUT2D eigenvalue weighted by Crippen LogP contribution is 2.39. The van der Waals surface area contributed by atoms with Gasteiger partial charge >= 0.3 is 0 Å². The minimum Gasteiger partial charge on any atom is -0.374 e. The average Bonchev–Trinajstić information content (AvgIpc) is 2.28. The highest BCUT2D eigenvalue weighted by molar-refractivity contribution is 4.87. The van der Waals surface area contributed by atoms with Crippen molar-refractivity contribution in [1.82, 2.24) is 0 Å². The molecule has 1 saturated heterocycles. The molecule has 1 rings (SSSR count). The van der Waals surface area contributed by atoms with E-state index in [0.717, 1.165) is 0 Å². The summed E-state index contributed by atoms with van der Waals surface area (Å²) in [5.41, 5.74) is 0.611. The molecule has 0 bridgehead atoms. The topological polar surface area (TPSA) is 9.23 Å². The van der Waals surface area contributed by atoms with E-state index in [4.69, 9.17) is 4.74 Å². The van der Waals surface area contributed by atoms with Gasteiger partial charge in [0, 0.05) is 0 Å². The first-order chi connectivity index (χ1) is 5.71. The van der Waals surface area contributed by atoms with Crippen molar-refractivity contribution < 1.29 is 4.74 Å². The van der Waals surface area contributed by atoms with Gasteiger partial charge in [-0.05, 0) is 23.7 Å². The normalized spacial score (nSPS) is 30.9.